The molecule has 0 radical (unpaired) electrons. The Morgan fingerprint density at radius 2 is 2.15 bits per heavy atom. The summed E-state index contributed by atoms with van der Waals surface area (Å²) in [5.74, 6) is 0.884. The minimum atomic E-state index is -3.54. The van der Waals surface area contributed by atoms with Crippen molar-refractivity contribution in [2.75, 3.05) is 49.3 Å². The smallest absolute Gasteiger partial charge is 0.209 e. The molecule has 3 aliphatic rings. The first kappa shape index (κ1) is 20.7. The number of hydrogen-bond acceptors (Lipinski definition) is 8. The highest BCUT2D eigenvalue weighted by atomic mass is 32.2. The molecule has 1 atom stereocenters. The number of hydrogen-bond donors (Lipinski definition) is 1. The van der Waals surface area contributed by atoms with Gasteiger partial charge in [0.1, 0.15) is 23.4 Å². The minimum Gasteiger partial charge on any atom is -0.493 e. The molecule has 3 aromatic rings. The third-order valence-electron chi connectivity index (χ3n) is 6.89. The van der Waals surface area contributed by atoms with E-state index in [1.54, 1.807) is 16.7 Å². The van der Waals surface area contributed by atoms with Gasteiger partial charge in [-0.05, 0) is 25.6 Å². The summed E-state index contributed by atoms with van der Waals surface area (Å²) in [5, 5.41) is 3.28. The summed E-state index contributed by atoms with van der Waals surface area (Å²) in [5.41, 5.74) is 2.70. The Labute approximate surface area is 191 Å². The fourth-order valence-corrected chi connectivity index (χ4v) is 6.66. The van der Waals surface area contributed by atoms with Crippen LogP contribution in [0, 0.1) is 5.82 Å². The van der Waals surface area contributed by atoms with E-state index < -0.39 is 9.84 Å². The van der Waals surface area contributed by atoms with Crippen molar-refractivity contribution >= 4 is 27.0 Å². The number of halogens is 1. The Balaban J connectivity index is 1.42. The van der Waals surface area contributed by atoms with Gasteiger partial charge in [-0.1, -0.05) is 0 Å². The van der Waals surface area contributed by atoms with Crippen molar-refractivity contribution in [2.24, 2.45) is 0 Å². The average Bonchev–Trinajstić information content (AvgIpc) is 3.45. The third-order valence-corrected chi connectivity index (χ3v) is 8.55. The molecule has 0 amide bonds. The van der Waals surface area contributed by atoms with Crippen molar-refractivity contribution in [3.05, 3.63) is 41.6 Å². The molecule has 33 heavy (non-hydrogen) atoms. The molecule has 9 nitrogen and oxygen atoms in total. The molecule has 11 heteroatoms. The van der Waals surface area contributed by atoms with Crippen LogP contribution in [0.1, 0.15) is 17.5 Å². The second-order valence-electron chi connectivity index (χ2n) is 8.91. The van der Waals surface area contributed by atoms with Gasteiger partial charge in [0.05, 0.1) is 24.2 Å². The second kappa shape index (κ2) is 7.56. The first-order chi connectivity index (χ1) is 15.9. The van der Waals surface area contributed by atoms with Crippen LogP contribution < -0.4 is 15.0 Å². The summed E-state index contributed by atoms with van der Waals surface area (Å²) in [6.45, 7) is 3.22. The summed E-state index contributed by atoms with van der Waals surface area (Å²) in [6.07, 6.45) is 4.42. The number of aromatic nitrogens is 3. The largest absolute Gasteiger partial charge is 0.493 e. The first-order valence-electron chi connectivity index (χ1n) is 11.1. The van der Waals surface area contributed by atoms with E-state index in [9.17, 15) is 12.8 Å². The van der Waals surface area contributed by atoms with Gasteiger partial charge in [0, 0.05) is 49.8 Å². The summed E-state index contributed by atoms with van der Waals surface area (Å²) in [6, 6.07) is 3.16. The Morgan fingerprint density at radius 3 is 3.03 bits per heavy atom. The zero-order valence-corrected chi connectivity index (χ0v) is 19.1. The predicted molar refractivity (Wildman–Crippen MR) is 121 cm³/mol. The molecular formula is C22H25FN6O3S. The summed E-state index contributed by atoms with van der Waals surface area (Å²) >= 11 is 0. The molecule has 3 aliphatic heterocycles. The third kappa shape index (κ3) is 3.33. The maximum absolute atomic E-state index is 14.6. The van der Waals surface area contributed by atoms with Crippen LogP contribution >= 0.6 is 0 Å². The van der Waals surface area contributed by atoms with Crippen LogP contribution in [-0.2, 0) is 22.8 Å². The van der Waals surface area contributed by atoms with Gasteiger partial charge in [-0.2, -0.15) is 0 Å². The van der Waals surface area contributed by atoms with E-state index in [0.29, 0.717) is 42.2 Å². The number of nitrogens with zero attached hydrogens (tertiary/aromatic N) is 5. The highest BCUT2D eigenvalue weighted by Gasteiger charge is 2.35. The summed E-state index contributed by atoms with van der Waals surface area (Å²) < 4.78 is 48.0. The molecule has 1 saturated heterocycles. The van der Waals surface area contributed by atoms with Gasteiger partial charge in [-0.25, -0.2) is 22.8 Å². The van der Waals surface area contributed by atoms with Gasteiger partial charge in [0.15, 0.2) is 14.9 Å². The molecule has 174 valence electrons. The zero-order valence-electron chi connectivity index (χ0n) is 18.3. The zero-order chi connectivity index (χ0) is 22.7. The normalized spacial score (nSPS) is 21.8. The molecule has 2 aromatic heterocycles. The number of piperazine rings is 1. The quantitative estimate of drug-likeness (QED) is 0.616. The van der Waals surface area contributed by atoms with Crippen LogP contribution in [0.2, 0.25) is 0 Å². The SMILES string of the molecule is CN1CCN2c3cnc(NCc4c(F)ccc5c4CCO5)n4cnc(c34)S(=O)(=O)CC[C@H]2C1. The number of benzene rings is 1. The van der Waals surface area contributed by atoms with Gasteiger partial charge in [0.25, 0.3) is 0 Å². The Morgan fingerprint density at radius 1 is 1.27 bits per heavy atom. The number of nitrogens with one attached hydrogen (secondary N) is 1. The maximum atomic E-state index is 14.6. The topological polar surface area (TPSA) is 92.1 Å². The highest BCUT2D eigenvalue weighted by Crippen LogP contribution is 2.35. The lowest BCUT2D eigenvalue weighted by Gasteiger charge is -2.42. The van der Waals surface area contributed by atoms with Crippen LogP contribution in [0.15, 0.2) is 29.7 Å². The standard InChI is InChI=1S/C22H25FN6O3S/c1-27-6-7-28-14(12-27)5-9-33(30,31)21-20-18(28)11-25-22(29(20)13-26-21)24-10-16-15-4-8-32-19(15)3-2-17(16)23/h2-3,11,13-14H,4-10,12H2,1H3,(H,24,25)/t14-/m0/s1. The molecule has 6 rings (SSSR count). The molecule has 0 saturated carbocycles. The lowest BCUT2D eigenvalue weighted by Crippen LogP contribution is -2.53. The number of likely N-dealkylation sites (N-methyl/N-ethyl adjacent to an activating group) is 1. The van der Waals surface area contributed by atoms with E-state index in [0.717, 1.165) is 30.9 Å². The van der Waals surface area contributed by atoms with Crippen LogP contribution in [0.3, 0.4) is 0 Å². The van der Waals surface area contributed by atoms with Crippen molar-refractivity contribution in [3.8, 4) is 5.75 Å². The Hall–Kier alpha value is -2.92. The lowest BCUT2D eigenvalue weighted by molar-refractivity contribution is 0.264. The maximum Gasteiger partial charge on any atom is 0.209 e. The van der Waals surface area contributed by atoms with Gasteiger partial charge in [0.2, 0.25) is 5.95 Å². The van der Waals surface area contributed by atoms with E-state index in [4.69, 9.17) is 4.74 Å². The van der Waals surface area contributed by atoms with Crippen LogP contribution in [0.4, 0.5) is 16.0 Å². The first-order valence-corrected chi connectivity index (χ1v) is 12.8. The predicted octanol–water partition coefficient (Wildman–Crippen LogP) is 1.71. The van der Waals surface area contributed by atoms with Gasteiger partial charge < -0.3 is 19.9 Å². The van der Waals surface area contributed by atoms with Crippen molar-refractivity contribution < 1.29 is 17.5 Å². The molecule has 0 aliphatic carbocycles. The minimum absolute atomic E-state index is 0.0561. The van der Waals surface area contributed by atoms with Crippen LogP contribution in [0.5, 0.6) is 5.75 Å². The molecular weight excluding hydrogens is 447 g/mol. The molecule has 0 spiro atoms. The van der Waals surface area contributed by atoms with Gasteiger partial charge in [-0.3, -0.25) is 4.40 Å². The number of fused-ring (bicyclic) bond motifs is 3. The average molecular weight is 473 g/mol. The summed E-state index contributed by atoms with van der Waals surface area (Å²) in [4.78, 5) is 13.4. The molecule has 1 aromatic carbocycles. The van der Waals surface area contributed by atoms with E-state index in [1.165, 1.54) is 12.4 Å². The number of ether oxygens (including phenoxy) is 1. The molecule has 5 heterocycles. The number of anilines is 2. The second-order valence-corrected chi connectivity index (χ2v) is 10.9. The van der Waals surface area contributed by atoms with E-state index in [2.05, 4.69) is 32.1 Å². The van der Waals surface area contributed by atoms with Crippen molar-refractivity contribution in [1.82, 2.24) is 19.3 Å². The number of imidazole rings is 1. The monoisotopic (exact) mass is 472 g/mol. The van der Waals surface area contributed by atoms with E-state index in [-0.39, 0.29) is 29.2 Å². The molecule has 1 fully saturated rings. The van der Waals surface area contributed by atoms with E-state index >= 15 is 0 Å². The van der Waals surface area contributed by atoms with Crippen molar-refractivity contribution in [2.45, 2.75) is 30.5 Å². The van der Waals surface area contributed by atoms with E-state index in [1.807, 2.05) is 0 Å². The number of sulfone groups is 1. The highest BCUT2D eigenvalue weighted by molar-refractivity contribution is 7.91. The van der Waals surface area contributed by atoms with Crippen molar-refractivity contribution in [3.63, 3.8) is 0 Å². The van der Waals surface area contributed by atoms with Crippen LogP contribution in [0.25, 0.3) is 5.52 Å². The molecule has 1 N–H and O–H groups in total. The van der Waals surface area contributed by atoms with Crippen LogP contribution in [-0.4, -0.2) is 72.8 Å². The summed E-state index contributed by atoms with van der Waals surface area (Å²) in [7, 11) is -1.48. The fourth-order valence-electron chi connectivity index (χ4n) is 5.18. The van der Waals surface area contributed by atoms with Gasteiger partial charge in [-0.15, -0.1) is 0 Å². The lowest BCUT2D eigenvalue weighted by atomic mass is 10.0. The van der Waals surface area contributed by atoms with Crippen molar-refractivity contribution in [1.29, 1.82) is 0 Å². The van der Waals surface area contributed by atoms with Gasteiger partial charge >= 0.3 is 0 Å². The molecule has 0 unspecified atom stereocenters. The molecule has 0 bridgehead atoms. The fraction of sp³-hybridized carbons (Fsp3) is 0.455. The Kier molecular flexibility index (Phi) is 4.73. The number of rotatable bonds is 3. The Bertz CT molecular complexity index is 1360.